The van der Waals surface area contributed by atoms with E-state index in [4.69, 9.17) is 0 Å². The maximum absolute atomic E-state index is 11.8. The summed E-state index contributed by atoms with van der Waals surface area (Å²) in [6.07, 6.45) is 2.90. The Morgan fingerprint density at radius 2 is 2.12 bits per heavy atom. The molecule has 0 aliphatic carbocycles. The molecule has 0 saturated heterocycles. The molecule has 0 amide bonds. The van der Waals surface area contributed by atoms with E-state index in [1.807, 2.05) is 0 Å². The van der Waals surface area contributed by atoms with Gasteiger partial charge in [0.05, 0.1) is 6.20 Å². The van der Waals surface area contributed by atoms with Crippen LogP contribution < -0.4 is 4.72 Å². The molecule has 0 unspecified atom stereocenters. The number of nitrogens with one attached hydrogen (secondary N) is 2. The van der Waals surface area contributed by atoms with Gasteiger partial charge in [-0.3, -0.25) is 9.82 Å². The van der Waals surface area contributed by atoms with Crippen molar-refractivity contribution in [1.82, 2.24) is 15.2 Å². The van der Waals surface area contributed by atoms with Crippen molar-refractivity contribution in [3.63, 3.8) is 0 Å². The van der Waals surface area contributed by atoms with Gasteiger partial charge in [-0.25, -0.2) is 4.98 Å². The third-order valence-corrected chi connectivity index (χ3v) is 3.27. The highest BCUT2D eigenvalue weighted by atomic mass is 32.2. The predicted octanol–water partition coefficient (Wildman–Crippen LogP) is 0.914. The van der Waals surface area contributed by atoms with Gasteiger partial charge in [-0.2, -0.15) is 13.5 Å². The van der Waals surface area contributed by atoms with Crippen LogP contribution in [0.5, 0.6) is 0 Å². The average molecular weight is 238 g/mol. The summed E-state index contributed by atoms with van der Waals surface area (Å²) in [5, 5.41) is 5.99. The van der Waals surface area contributed by atoms with Crippen molar-refractivity contribution in [2.75, 3.05) is 4.72 Å². The van der Waals surface area contributed by atoms with Gasteiger partial charge in [-0.1, -0.05) is 6.07 Å². The molecule has 2 rings (SSSR count). The average Bonchev–Trinajstić information content (AvgIpc) is 2.75. The molecule has 0 saturated carbocycles. The van der Waals surface area contributed by atoms with Crippen molar-refractivity contribution in [1.29, 1.82) is 0 Å². The van der Waals surface area contributed by atoms with Gasteiger partial charge >= 0.3 is 0 Å². The molecular weight excluding hydrogens is 228 g/mol. The molecule has 0 atom stereocenters. The Morgan fingerprint density at radius 3 is 2.75 bits per heavy atom. The van der Waals surface area contributed by atoms with Crippen LogP contribution in [-0.2, 0) is 10.0 Å². The number of aryl methyl sites for hydroxylation is 1. The van der Waals surface area contributed by atoms with Crippen molar-refractivity contribution >= 4 is 15.8 Å². The molecule has 6 nitrogen and oxygen atoms in total. The molecule has 2 aromatic rings. The minimum Gasteiger partial charge on any atom is -0.266 e. The fourth-order valence-electron chi connectivity index (χ4n) is 1.17. The highest BCUT2D eigenvalue weighted by molar-refractivity contribution is 7.92. The summed E-state index contributed by atoms with van der Waals surface area (Å²) in [5.74, 6) is 0.317. The summed E-state index contributed by atoms with van der Waals surface area (Å²) in [7, 11) is -3.62. The van der Waals surface area contributed by atoms with Crippen molar-refractivity contribution < 1.29 is 8.42 Å². The lowest BCUT2D eigenvalue weighted by molar-refractivity contribution is 0.597. The third-order valence-electron chi connectivity index (χ3n) is 2.01. The summed E-state index contributed by atoms with van der Waals surface area (Å²) in [5.41, 5.74) is 0.755. The molecule has 0 radical (unpaired) electrons. The van der Waals surface area contributed by atoms with E-state index in [9.17, 15) is 8.42 Å². The number of aromatic amines is 1. The number of sulfonamides is 1. The molecule has 2 heterocycles. The van der Waals surface area contributed by atoms with E-state index >= 15 is 0 Å². The van der Waals surface area contributed by atoms with E-state index in [2.05, 4.69) is 19.9 Å². The first-order valence-corrected chi connectivity index (χ1v) is 6.02. The van der Waals surface area contributed by atoms with Gasteiger partial charge < -0.3 is 0 Å². The minimum absolute atomic E-state index is 0.0116. The smallest absolute Gasteiger partial charge is 0.266 e. The van der Waals surface area contributed by atoms with Gasteiger partial charge in [0.1, 0.15) is 5.82 Å². The molecule has 0 fully saturated rings. The summed E-state index contributed by atoms with van der Waals surface area (Å²) in [4.78, 5) is 3.95. The Labute approximate surface area is 92.8 Å². The number of rotatable bonds is 3. The summed E-state index contributed by atoms with van der Waals surface area (Å²) in [6, 6.07) is 4.89. The molecule has 0 aliphatic heterocycles. The van der Waals surface area contributed by atoms with Crippen LogP contribution in [0.1, 0.15) is 5.56 Å². The first kappa shape index (κ1) is 10.6. The number of nitrogens with zero attached hydrogens (tertiary/aromatic N) is 2. The van der Waals surface area contributed by atoms with Gasteiger partial charge in [0, 0.05) is 6.20 Å². The van der Waals surface area contributed by atoms with Crippen molar-refractivity contribution in [3.05, 3.63) is 36.2 Å². The van der Waals surface area contributed by atoms with Crippen LogP contribution in [0.3, 0.4) is 0 Å². The van der Waals surface area contributed by atoms with Crippen LogP contribution in [-0.4, -0.2) is 23.6 Å². The van der Waals surface area contributed by atoms with Crippen LogP contribution >= 0.6 is 0 Å². The molecule has 0 spiro atoms. The van der Waals surface area contributed by atoms with Gasteiger partial charge in [-0.05, 0) is 24.6 Å². The standard InChI is InChI=1S/C9H10N4O2S/c1-7-3-2-5-10-9(7)13-16(14,15)8-4-6-11-12-8/h2-6H,1H3,(H,10,13)(H,11,12). The Kier molecular flexibility index (Phi) is 2.61. The minimum atomic E-state index is -3.62. The van der Waals surface area contributed by atoms with E-state index in [1.54, 1.807) is 19.1 Å². The van der Waals surface area contributed by atoms with Gasteiger partial charge in [0.15, 0.2) is 5.03 Å². The summed E-state index contributed by atoms with van der Waals surface area (Å²) < 4.78 is 26.0. The lowest BCUT2D eigenvalue weighted by Gasteiger charge is -2.06. The van der Waals surface area contributed by atoms with Crippen LogP contribution in [0.4, 0.5) is 5.82 Å². The summed E-state index contributed by atoms with van der Waals surface area (Å²) in [6.45, 7) is 1.78. The van der Waals surface area contributed by atoms with Crippen molar-refractivity contribution in [3.8, 4) is 0 Å². The normalized spacial score (nSPS) is 11.3. The number of hydrogen-bond donors (Lipinski definition) is 2. The molecule has 84 valence electrons. The third kappa shape index (κ3) is 2.03. The first-order chi connectivity index (χ1) is 7.59. The van der Waals surface area contributed by atoms with Crippen LogP contribution in [0.25, 0.3) is 0 Å². The highest BCUT2D eigenvalue weighted by Gasteiger charge is 2.16. The first-order valence-electron chi connectivity index (χ1n) is 4.53. The molecule has 2 N–H and O–H groups in total. The highest BCUT2D eigenvalue weighted by Crippen LogP contribution is 2.14. The largest absolute Gasteiger partial charge is 0.279 e. The van der Waals surface area contributed by atoms with Gasteiger partial charge in [-0.15, -0.1) is 0 Å². The lowest BCUT2D eigenvalue weighted by Crippen LogP contribution is -2.15. The Balaban J connectivity index is 2.33. The zero-order valence-electron chi connectivity index (χ0n) is 8.51. The van der Waals surface area contributed by atoms with Crippen LogP contribution in [0.2, 0.25) is 0 Å². The Bertz CT molecular complexity index is 577. The predicted molar refractivity (Wildman–Crippen MR) is 58.4 cm³/mol. The molecule has 7 heteroatoms. The molecular formula is C9H10N4O2S. The molecule has 16 heavy (non-hydrogen) atoms. The van der Waals surface area contributed by atoms with E-state index in [1.165, 1.54) is 18.5 Å². The zero-order valence-corrected chi connectivity index (χ0v) is 9.32. The van der Waals surface area contributed by atoms with Gasteiger partial charge in [0.25, 0.3) is 10.0 Å². The maximum atomic E-state index is 11.8. The second-order valence-corrected chi connectivity index (χ2v) is 4.85. The van der Waals surface area contributed by atoms with Gasteiger partial charge in [0.2, 0.25) is 0 Å². The van der Waals surface area contributed by atoms with Crippen molar-refractivity contribution in [2.45, 2.75) is 11.9 Å². The number of aromatic nitrogens is 3. The van der Waals surface area contributed by atoms with Crippen LogP contribution in [0.15, 0.2) is 35.6 Å². The number of H-pyrrole nitrogens is 1. The molecule has 0 aromatic carbocycles. The number of anilines is 1. The SMILES string of the molecule is Cc1cccnc1NS(=O)(=O)c1ccn[nH]1. The van der Waals surface area contributed by atoms with E-state index in [0.717, 1.165) is 5.56 Å². The quantitative estimate of drug-likeness (QED) is 0.832. The van der Waals surface area contributed by atoms with E-state index < -0.39 is 10.0 Å². The zero-order chi connectivity index (χ0) is 11.6. The second kappa shape index (κ2) is 3.93. The fourth-order valence-corrected chi connectivity index (χ4v) is 2.16. The molecule has 2 aromatic heterocycles. The topological polar surface area (TPSA) is 87.7 Å². The second-order valence-electron chi connectivity index (χ2n) is 3.20. The Hall–Kier alpha value is -1.89. The van der Waals surface area contributed by atoms with E-state index in [0.29, 0.717) is 5.82 Å². The fraction of sp³-hybridized carbons (Fsp3) is 0.111. The number of pyridine rings is 1. The molecule has 0 aliphatic rings. The monoisotopic (exact) mass is 238 g/mol. The molecule has 0 bridgehead atoms. The maximum Gasteiger partial charge on any atom is 0.279 e. The Morgan fingerprint density at radius 1 is 1.31 bits per heavy atom. The van der Waals surface area contributed by atoms with Crippen molar-refractivity contribution in [2.24, 2.45) is 0 Å². The van der Waals surface area contributed by atoms with E-state index in [-0.39, 0.29) is 5.03 Å². The summed E-state index contributed by atoms with van der Waals surface area (Å²) >= 11 is 0. The van der Waals surface area contributed by atoms with Crippen LogP contribution in [0, 0.1) is 6.92 Å². The number of hydrogen-bond acceptors (Lipinski definition) is 4. The lowest BCUT2D eigenvalue weighted by atomic mass is 10.3.